The number of fused-ring (bicyclic) bond motifs is 1. The molecule has 29 heavy (non-hydrogen) atoms. The Kier molecular flexibility index (Phi) is 5.39. The Morgan fingerprint density at radius 2 is 2.24 bits per heavy atom. The number of piperidine rings is 1. The molecule has 4 heterocycles. The minimum Gasteiger partial charge on any atom is -0.458 e. The minimum absolute atomic E-state index is 0.00492. The van der Waals surface area contributed by atoms with Gasteiger partial charge in [0.05, 0.1) is 23.4 Å². The molecule has 3 aromatic heterocycles. The summed E-state index contributed by atoms with van der Waals surface area (Å²) in [6.45, 7) is 5.04. The maximum atomic E-state index is 15.1. The summed E-state index contributed by atoms with van der Waals surface area (Å²) in [5.74, 6) is -1.41. The second kappa shape index (κ2) is 8.12. The molecule has 1 saturated heterocycles. The SMILES string of the molecule is CC(C)OC(=O)c1nc(-c2cnn3ccccc23)nc(N[C@@H]2CCCNC2)c1F. The highest BCUT2D eigenvalue weighted by molar-refractivity contribution is 5.90. The largest absolute Gasteiger partial charge is 0.458 e. The molecule has 1 fully saturated rings. The molecule has 9 heteroatoms. The molecule has 0 amide bonds. The number of rotatable bonds is 5. The Morgan fingerprint density at radius 1 is 1.38 bits per heavy atom. The van der Waals surface area contributed by atoms with E-state index in [1.807, 2.05) is 18.2 Å². The molecule has 152 valence electrons. The number of carbonyl (C=O) groups is 1. The molecular formula is C20H23FN6O2. The molecule has 1 atom stereocenters. The van der Waals surface area contributed by atoms with Gasteiger partial charge in [-0.1, -0.05) is 6.07 Å². The van der Waals surface area contributed by atoms with Crippen molar-refractivity contribution in [3.63, 3.8) is 0 Å². The first-order valence-electron chi connectivity index (χ1n) is 9.71. The van der Waals surface area contributed by atoms with Crippen LogP contribution in [0, 0.1) is 5.82 Å². The number of carbonyl (C=O) groups excluding carboxylic acids is 1. The zero-order chi connectivity index (χ0) is 20.4. The fourth-order valence-corrected chi connectivity index (χ4v) is 3.34. The van der Waals surface area contributed by atoms with Crippen molar-refractivity contribution in [3.05, 3.63) is 42.1 Å². The molecule has 2 N–H and O–H groups in total. The molecule has 0 bridgehead atoms. The maximum Gasteiger partial charge on any atom is 0.360 e. The Hall–Kier alpha value is -3.07. The highest BCUT2D eigenvalue weighted by Gasteiger charge is 2.26. The van der Waals surface area contributed by atoms with Crippen LogP contribution in [0.4, 0.5) is 10.2 Å². The van der Waals surface area contributed by atoms with E-state index in [9.17, 15) is 4.79 Å². The highest BCUT2D eigenvalue weighted by Crippen LogP contribution is 2.26. The number of nitrogens with one attached hydrogen (secondary N) is 2. The molecule has 0 saturated carbocycles. The van der Waals surface area contributed by atoms with Gasteiger partial charge in [-0.25, -0.2) is 23.7 Å². The van der Waals surface area contributed by atoms with Crippen molar-refractivity contribution in [1.29, 1.82) is 0 Å². The molecule has 0 aliphatic carbocycles. The minimum atomic E-state index is -0.817. The Bertz CT molecular complexity index is 1030. The average molecular weight is 398 g/mol. The fraction of sp³-hybridized carbons (Fsp3) is 0.400. The van der Waals surface area contributed by atoms with E-state index >= 15 is 4.39 Å². The van der Waals surface area contributed by atoms with E-state index in [4.69, 9.17) is 4.74 Å². The number of aromatic nitrogens is 4. The van der Waals surface area contributed by atoms with Crippen molar-refractivity contribution in [2.75, 3.05) is 18.4 Å². The molecule has 3 aromatic rings. The molecule has 1 aliphatic rings. The third-order valence-corrected chi connectivity index (χ3v) is 4.69. The number of esters is 1. The van der Waals surface area contributed by atoms with Crippen LogP contribution in [0.3, 0.4) is 0 Å². The normalized spacial score (nSPS) is 16.9. The maximum absolute atomic E-state index is 15.1. The van der Waals surface area contributed by atoms with Gasteiger partial charge < -0.3 is 15.4 Å². The monoisotopic (exact) mass is 398 g/mol. The topological polar surface area (TPSA) is 93.4 Å². The van der Waals surface area contributed by atoms with Gasteiger partial charge in [-0.3, -0.25) is 0 Å². The highest BCUT2D eigenvalue weighted by atomic mass is 19.1. The van der Waals surface area contributed by atoms with Crippen LogP contribution in [0.2, 0.25) is 0 Å². The van der Waals surface area contributed by atoms with Gasteiger partial charge >= 0.3 is 5.97 Å². The van der Waals surface area contributed by atoms with E-state index in [2.05, 4.69) is 25.7 Å². The van der Waals surface area contributed by atoms with Gasteiger partial charge in [-0.15, -0.1) is 0 Å². The van der Waals surface area contributed by atoms with Gasteiger partial charge in [0.1, 0.15) is 0 Å². The number of halogens is 1. The van der Waals surface area contributed by atoms with E-state index in [0.29, 0.717) is 12.1 Å². The Morgan fingerprint density at radius 3 is 3.00 bits per heavy atom. The standard InChI is InChI=1S/C20H23FN6O2/c1-12(2)29-20(28)17-16(21)19(24-13-6-5-8-22-10-13)26-18(25-17)14-11-23-27-9-4-3-7-15(14)27/h3-4,7,9,11-13,22H,5-6,8,10H2,1-2H3,(H,24,25,26)/t13-/m1/s1. The lowest BCUT2D eigenvalue weighted by atomic mass is 10.1. The molecule has 4 rings (SSSR count). The Balaban J connectivity index is 1.79. The smallest absolute Gasteiger partial charge is 0.360 e. The zero-order valence-electron chi connectivity index (χ0n) is 16.4. The van der Waals surface area contributed by atoms with Crippen LogP contribution < -0.4 is 10.6 Å². The summed E-state index contributed by atoms with van der Waals surface area (Å²) in [4.78, 5) is 21.1. The quantitative estimate of drug-likeness (QED) is 0.638. The van der Waals surface area contributed by atoms with Gasteiger partial charge in [0.15, 0.2) is 23.2 Å². The first-order chi connectivity index (χ1) is 14.0. The second-order valence-electron chi connectivity index (χ2n) is 7.29. The molecule has 0 unspecified atom stereocenters. The average Bonchev–Trinajstić information content (AvgIpc) is 3.14. The van der Waals surface area contributed by atoms with Gasteiger partial charge in [0.25, 0.3) is 0 Å². The van der Waals surface area contributed by atoms with Crippen LogP contribution in [0.1, 0.15) is 37.2 Å². The van der Waals surface area contributed by atoms with Crippen LogP contribution in [0.5, 0.6) is 0 Å². The number of hydrogen-bond donors (Lipinski definition) is 2. The fourth-order valence-electron chi connectivity index (χ4n) is 3.34. The third-order valence-electron chi connectivity index (χ3n) is 4.69. The number of ether oxygens (including phenoxy) is 1. The predicted octanol–water partition coefficient (Wildman–Crippen LogP) is 2.66. The molecule has 0 aromatic carbocycles. The van der Waals surface area contributed by atoms with Gasteiger partial charge in [0, 0.05) is 18.8 Å². The summed E-state index contributed by atoms with van der Waals surface area (Å²) in [7, 11) is 0. The van der Waals surface area contributed by atoms with Crippen LogP contribution >= 0.6 is 0 Å². The lowest BCUT2D eigenvalue weighted by molar-refractivity contribution is 0.0365. The first-order valence-corrected chi connectivity index (χ1v) is 9.71. The summed E-state index contributed by atoms with van der Waals surface area (Å²) in [5, 5.41) is 10.7. The lowest BCUT2D eigenvalue weighted by Crippen LogP contribution is -2.39. The van der Waals surface area contributed by atoms with Crippen molar-refractivity contribution < 1.29 is 13.9 Å². The number of hydrogen-bond acceptors (Lipinski definition) is 7. The lowest BCUT2D eigenvalue weighted by Gasteiger charge is -2.24. The second-order valence-corrected chi connectivity index (χ2v) is 7.29. The van der Waals surface area contributed by atoms with Gasteiger partial charge in [-0.2, -0.15) is 5.10 Å². The summed E-state index contributed by atoms with van der Waals surface area (Å²) < 4.78 is 22.0. The number of pyridine rings is 1. The number of nitrogens with zero attached hydrogens (tertiary/aromatic N) is 4. The molecule has 0 radical (unpaired) electrons. The van der Waals surface area contributed by atoms with Crippen LogP contribution in [-0.2, 0) is 4.74 Å². The van der Waals surface area contributed by atoms with Crippen molar-refractivity contribution >= 4 is 17.3 Å². The van der Waals surface area contributed by atoms with Gasteiger partial charge in [0.2, 0.25) is 0 Å². The predicted molar refractivity (Wildman–Crippen MR) is 106 cm³/mol. The van der Waals surface area contributed by atoms with Crippen molar-refractivity contribution in [3.8, 4) is 11.4 Å². The third kappa shape index (κ3) is 4.04. The van der Waals surface area contributed by atoms with E-state index in [1.165, 1.54) is 0 Å². The van der Waals surface area contributed by atoms with E-state index in [-0.39, 0.29) is 23.4 Å². The summed E-state index contributed by atoms with van der Waals surface area (Å²) in [6, 6.07) is 5.59. The molecule has 1 aliphatic heterocycles. The zero-order valence-corrected chi connectivity index (χ0v) is 16.4. The van der Waals surface area contributed by atoms with E-state index in [0.717, 1.165) is 24.9 Å². The molecule has 8 nitrogen and oxygen atoms in total. The van der Waals surface area contributed by atoms with Crippen molar-refractivity contribution in [2.24, 2.45) is 0 Å². The summed E-state index contributed by atoms with van der Waals surface area (Å²) in [5.41, 5.74) is 0.979. The van der Waals surface area contributed by atoms with E-state index in [1.54, 1.807) is 30.8 Å². The van der Waals surface area contributed by atoms with Crippen molar-refractivity contribution in [2.45, 2.75) is 38.8 Å². The van der Waals surface area contributed by atoms with Gasteiger partial charge in [-0.05, 0) is 45.4 Å². The van der Waals surface area contributed by atoms with Crippen LogP contribution in [0.15, 0.2) is 30.6 Å². The Labute approximate surface area is 167 Å². The first kappa shape index (κ1) is 19.3. The number of anilines is 1. The van der Waals surface area contributed by atoms with Crippen LogP contribution in [-0.4, -0.2) is 50.8 Å². The van der Waals surface area contributed by atoms with Crippen LogP contribution in [0.25, 0.3) is 16.9 Å². The summed E-state index contributed by atoms with van der Waals surface area (Å²) in [6.07, 6.45) is 4.87. The van der Waals surface area contributed by atoms with E-state index < -0.39 is 17.9 Å². The molecule has 0 spiro atoms. The van der Waals surface area contributed by atoms with Crippen molar-refractivity contribution in [1.82, 2.24) is 24.9 Å². The molecular weight excluding hydrogens is 375 g/mol. The summed E-state index contributed by atoms with van der Waals surface area (Å²) >= 11 is 0.